The van der Waals surface area contributed by atoms with E-state index in [9.17, 15) is 0 Å². The average Bonchev–Trinajstić information content (AvgIpc) is 2.96. The molecule has 0 N–H and O–H groups in total. The summed E-state index contributed by atoms with van der Waals surface area (Å²) in [6, 6.07) is 16.4. The van der Waals surface area contributed by atoms with E-state index in [1.54, 1.807) is 7.11 Å². The fraction of sp³-hybridized carbons (Fsp3) is 0.286. The third-order valence-corrected chi connectivity index (χ3v) is 4.15. The number of imidazole rings is 1. The second-order valence-corrected chi connectivity index (χ2v) is 6.40. The minimum Gasteiger partial charge on any atom is -0.497 e. The Morgan fingerprint density at radius 3 is 2.50 bits per heavy atom. The van der Waals surface area contributed by atoms with Crippen molar-refractivity contribution < 1.29 is 4.74 Å². The van der Waals surface area contributed by atoms with Crippen LogP contribution in [0.3, 0.4) is 0 Å². The van der Waals surface area contributed by atoms with E-state index in [0.29, 0.717) is 5.92 Å². The Kier molecular flexibility index (Phi) is 4.99. The molecule has 3 nitrogen and oxygen atoms in total. The molecule has 1 aromatic heterocycles. The van der Waals surface area contributed by atoms with Crippen molar-refractivity contribution in [3.05, 3.63) is 59.9 Å². The van der Waals surface area contributed by atoms with Crippen LogP contribution in [0.2, 0.25) is 0 Å². The Hall–Kier alpha value is -2.55. The van der Waals surface area contributed by atoms with Crippen molar-refractivity contribution in [2.24, 2.45) is 5.92 Å². The zero-order valence-corrected chi connectivity index (χ0v) is 14.6. The van der Waals surface area contributed by atoms with Crippen LogP contribution in [-0.2, 0) is 6.54 Å². The van der Waals surface area contributed by atoms with E-state index in [1.165, 1.54) is 5.52 Å². The van der Waals surface area contributed by atoms with Gasteiger partial charge in [-0.05, 0) is 48.2 Å². The smallest absolute Gasteiger partial charge is 0.133 e. The van der Waals surface area contributed by atoms with Gasteiger partial charge in [-0.1, -0.05) is 44.2 Å². The van der Waals surface area contributed by atoms with Gasteiger partial charge in [0.2, 0.25) is 0 Å². The van der Waals surface area contributed by atoms with Crippen LogP contribution in [0.1, 0.15) is 31.7 Å². The number of benzene rings is 2. The van der Waals surface area contributed by atoms with Gasteiger partial charge in [-0.25, -0.2) is 4.98 Å². The summed E-state index contributed by atoms with van der Waals surface area (Å²) in [7, 11) is 1.68. The summed E-state index contributed by atoms with van der Waals surface area (Å²) in [5.74, 6) is 2.55. The first kappa shape index (κ1) is 16.3. The van der Waals surface area contributed by atoms with Gasteiger partial charge in [0.25, 0.3) is 0 Å². The van der Waals surface area contributed by atoms with E-state index in [2.05, 4.69) is 60.9 Å². The van der Waals surface area contributed by atoms with E-state index >= 15 is 0 Å². The number of aromatic nitrogens is 2. The quantitative estimate of drug-likeness (QED) is 0.619. The Morgan fingerprint density at radius 2 is 1.79 bits per heavy atom. The fourth-order valence-corrected chi connectivity index (χ4v) is 2.73. The second kappa shape index (κ2) is 7.35. The van der Waals surface area contributed by atoms with Gasteiger partial charge in [0.1, 0.15) is 11.6 Å². The largest absolute Gasteiger partial charge is 0.497 e. The number of aryl methyl sites for hydroxylation is 1. The van der Waals surface area contributed by atoms with Gasteiger partial charge in [-0.2, -0.15) is 0 Å². The van der Waals surface area contributed by atoms with Crippen molar-refractivity contribution in [2.45, 2.75) is 26.8 Å². The number of nitrogens with zero attached hydrogens (tertiary/aromatic N) is 2. The molecule has 3 aromatic rings. The van der Waals surface area contributed by atoms with Gasteiger partial charge < -0.3 is 9.30 Å². The summed E-state index contributed by atoms with van der Waals surface area (Å²) in [5, 5.41) is 0. The van der Waals surface area contributed by atoms with Gasteiger partial charge in [0, 0.05) is 6.54 Å². The molecule has 0 unspecified atom stereocenters. The molecule has 3 heteroatoms. The number of para-hydroxylation sites is 2. The molecule has 0 spiro atoms. The van der Waals surface area contributed by atoms with E-state index in [4.69, 9.17) is 9.72 Å². The molecule has 1 heterocycles. The molecule has 0 bridgehead atoms. The zero-order chi connectivity index (χ0) is 16.9. The molecular formula is C21H24N2O. The SMILES string of the molecule is COc1ccc(C=Cc2nc3ccccc3n2CCC(C)C)cc1. The Bertz CT molecular complexity index is 829. The second-order valence-electron chi connectivity index (χ2n) is 6.40. The Labute approximate surface area is 143 Å². The van der Waals surface area contributed by atoms with Crippen LogP contribution in [0.25, 0.3) is 23.2 Å². The summed E-state index contributed by atoms with van der Waals surface area (Å²) < 4.78 is 7.52. The van der Waals surface area contributed by atoms with E-state index in [-0.39, 0.29) is 0 Å². The van der Waals surface area contributed by atoms with Crippen LogP contribution >= 0.6 is 0 Å². The zero-order valence-electron chi connectivity index (χ0n) is 14.6. The fourth-order valence-electron chi connectivity index (χ4n) is 2.73. The van der Waals surface area contributed by atoms with Crippen LogP contribution in [0.4, 0.5) is 0 Å². The summed E-state index contributed by atoms with van der Waals surface area (Å²) in [6.07, 6.45) is 5.35. The number of fused-ring (bicyclic) bond motifs is 1. The molecule has 3 rings (SSSR count). The van der Waals surface area contributed by atoms with Gasteiger partial charge in [0.05, 0.1) is 18.1 Å². The maximum Gasteiger partial charge on any atom is 0.133 e. The molecule has 0 fully saturated rings. The van der Waals surface area contributed by atoms with Crippen molar-refractivity contribution in [1.82, 2.24) is 9.55 Å². The summed E-state index contributed by atoms with van der Waals surface area (Å²) in [4.78, 5) is 4.79. The maximum absolute atomic E-state index is 5.20. The van der Waals surface area contributed by atoms with Gasteiger partial charge in [-0.3, -0.25) is 0 Å². The number of hydrogen-bond acceptors (Lipinski definition) is 2. The first-order valence-corrected chi connectivity index (χ1v) is 8.45. The van der Waals surface area contributed by atoms with Crippen LogP contribution in [0.5, 0.6) is 5.75 Å². The molecular weight excluding hydrogens is 296 g/mol. The molecule has 124 valence electrons. The third-order valence-electron chi connectivity index (χ3n) is 4.15. The number of hydrogen-bond donors (Lipinski definition) is 0. The summed E-state index contributed by atoms with van der Waals surface area (Å²) >= 11 is 0. The number of methoxy groups -OCH3 is 1. The van der Waals surface area contributed by atoms with Gasteiger partial charge >= 0.3 is 0 Å². The standard InChI is InChI=1S/C21H24N2O/c1-16(2)14-15-23-20-7-5-4-6-19(20)22-21(23)13-10-17-8-11-18(24-3)12-9-17/h4-13,16H,14-15H2,1-3H3. The summed E-state index contributed by atoms with van der Waals surface area (Å²) in [5.41, 5.74) is 3.39. The highest BCUT2D eigenvalue weighted by atomic mass is 16.5. The lowest BCUT2D eigenvalue weighted by Crippen LogP contribution is -2.03. The molecule has 0 aliphatic rings. The first-order chi connectivity index (χ1) is 11.7. The lowest BCUT2D eigenvalue weighted by molar-refractivity contribution is 0.415. The predicted octanol–water partition coefficient (Wildman–Crippen LogP) is 5.26. The monoisotopic (exact) mass is 320 g/mol. The highest BCUT2D eigenvalue weighted by molar-refractivity contribution is 5.79. The maximum atomic E-state index is 5.20. The predicted molar refractivity (Wildman–Crippen MR) is 101 cm³/mol. The van der Waals surface area contributed by atoms with E-state index < -0.39 is 0 Å². The lowest BCUT2D eigenvalue weighted by atomic mass is 10.1. The molecule has 0 atom stereocenters. The van der Waals surface area contributed by atoms with E-state index in [1.807, 2.05) is 18.2 Å². The van der Waals surface area contributed by atoms with Gasteiger partial charge in [0.15, 0.2) is 0 Å². The van der Waals surface area contributed by atoms with Crippen molar-refractivity contribution >= 4 is 23.2 Å². The minimum absolute atomic E-state index is 0.671. The van der Waals surface area contributed by atoms with Crippen molar-refractivity contribution in [3.8, 4) is 5.75 Å². The molecule has 2 aromatic carbocycles. The van der Waals surface area contributed by atoms with E-state index in [0.717, 1.165) is 35.6 Å². The normalized spacial score (nSPS) is 11.7. The molecule has 0 radical (unpaired) electrons. The molecule has 0 saturated carbocycles. The molecule has 24 heavy (non-hydrogen) atoms. The van der Waals surface area contributed by atoms with Crippen molar-refractivity contribution in [2.75, 3.05) is 7.11 Å². The molecule has 0 amide bonds. The highest BCUT2D eigenvalue weighted by Crippen LogP contribution is 2.20. The van der Waals surface area contributed by atoms with Crippen molar-refractivity contribution in [1.29, 1.82) is 0 Å². The molecule has 0 saturated heterocycles. The van der Waals surface area contributed by atoms with Gasteiger partial charge in [-0.15, -0.1) is 0 Å². The molecule has 0 aliphatic carbocycles. The molecule has 0 aliphatic heterocycles. The van der Waals surface area contributed by atoms with Crippen molar-refractivity contribution in [3.63, 3.8) is 0 Å². The highest BCUT2D eigenvalue weighted by Gasteiger charge is 2.08. The Balaban J connectivity index is 1.91. The first-order valence-electron chi connectivity index (χ1n) is 8.45. The van der Waals surface area contributed by atoms with Crippen LogP contribution in [0, 0.1) is 5.92 Å². The van der Waals surface area contributed by atoms with Crippen LogP contribution < -0.4 is 4.74 Å². The van der Waals surface area contributed by atoms with Crippen LogP contribution in [0.15, 0.2) is 48.5 Å². The topological polar surface area (TPSA) is 27.1 Å². The van der Waals surface area contributed by atoms with Crippen LogP contribution in [-0.4, -0.2) is 16.7 Å². The summed E-state index contributed by atoms with van der Waals surface area (Å²) in [6.45, 7) is 5.50. The minimum atomic E-state index is 0.671. The average molecular weight is 320 g/mol. The third kappa shape index (κ3) is 3.67. The Morgan fingerprint density at radius 1 is 1.04 bits per heavy atom. The number of rotatable bonds is 6. The lowest BCUT2D eigenvalue weighted by Gasteiger charge is -2.09. The number of ether oxygens (including phenoxy) is 1.